The monoisotopic (exact) mass is 237 g/mol. The van der Waals surface area contributed by atoms with Crippen LogP contribution in [0.3, 0.4) is 0 Å². The van der Waals surface area contributed by atoms with E-state index in [0.29, 0.717) is 0 Å². The van der Waals surface area contributed by atoms with E-state index < -0.39 is 5.66 Å². The van der Waals surface area contributed by atoms with Crippen LogP contribution in [0.15, 0.2) is 54.4 Å². The van der Waals surface area contributed by atoms with E-state index in [1.165, 1.54) is 0 Å². The highest BCUT2D eigenvalue weighted by atomic mass is 35.5. The first kappa shape index (κ1) is 12.5. The van der Waals surface area contributed by atoms with Crippen molar-refractivity contribution in [2.45, 2.75) is 12.6 Å². The minimum atomic E-state index is -0.407. The van der Waals surface area contributed by atoms with E-state index in [0.717, 1.165) is 11.4 Å². The zero-order valence-electron chi connectivity index (χ0n) is 9.10. The third-order valence-electron chi connectivity index (χ3n) is 2.49. The topological polar surface area (TPSA) is 50.1 Å². The normalized spacial score (nSPS) is 22.7. The lowest BCUT2D eigenvalue weighted by atomic mass is 10.1. The Balaban J connectivity index is 0.00000128. The minimum Gasteiger partial charge on any atom is -0.399 e. The standard InChI is InChI=1S/C12H15N3.ClH/c1-12(11(13)8-5-9-14-12)15-10-6-3-2-4-7-10;/h2-9,14-15H,13H2,1H3;1H. The first-order chi connectivity index (χ1) is 7.21. The number of dihydropyridines is 1. The first-order valence-electron chi connectivity index (χ1n) is 4.94. The second kappa shape index (κ2) is 4.94. The summed E-state index contributed by atoms with van der Waals surface area (Å²) in [5.74, 6) is 0. The summed E-state index contributed by atoms with van der Waals surface area (Å²) < 4.78 is 0. The van der Waals surface area contributed by atoms with Crippen molar-refractivity contribution in [3.8, 4) is 0 Å². The fourth-order valence-electron chi connectivity index (χ4n) is 1.53. The molecule has 1 aliphatic rings. The Labute approximate surface area is 102 Å². The van der Waals surface area contributed by atoms with E-state index in [9.17, 15) is 0 Å². The van der Waals surface area contributed by atoms with Crippen molar-refractivity contribution in [3.05, 3.63) is 54.4 Å². The SMILES string of the molecule is CC1(Nc2ccccc2)NC=CC=C1N.Cl. The summed E-state index contributed by atoms with van der Waals surface area (Å²) in [6, 6.07) is 9.99. The summed E-state index contributed by atoms with van der Waals surface area (Å²) in [5, 5.41) is 6.56. The molecule has 0 aliphatic carbocycles. The molecule has 86 valence electrons. The van der Waals surface area contributed by atoms with Gasteiger partial charge in [0.15, 0.2) is 0 Å². The molecule has 1 aliphatic heterocycles. The lowest BCUT2D eigenvalue weighted by Gasteiger charge is -2.34. The number of benzene rings is 1. The molecule has 1 aromatic carbocycles. The molecular weight excluding hydrogens is 222 g/mol. The fourth-order valence-corrected chi connectivity index (χ4v) is 1.53. The van der Waals surface area contributed by atoms with Crippen molar-refractivity contribution < 1.29 is 0 Å². The van der Waals surface area contributed by atoms with Gasteiger partial charge in [0.2, 0.25) is 0 Å². The second-order valence-corrected chi connectivity index (χ2v) is 3.74. The van der Waals surface area contributed by atoms with Crippen molar-refractivity contribution in [2.75, 3.05) is 5.32 Å². The van der Waals surface area contributed by atoms with Gasteiger partial charge in [0, 0.05) is 5.69 Å². The molecule has 3 nitrogen and oxygen atoms in total. The van der Waals surface area contributed by atoms with E-state index in [1.54, 1.807) is 0 Å². The molecule has 1 heterocycles. The van der Waals surface area contributed by atoms with Crippen LogP contribution in [0.2, 0.25) is 0 Å². The Morgan fingerprint density at radius 2 is 1.94 bits per heavy atom. The van der Waals surface area contributed by atoms with Gasteiger partial charge in [0.05, 0.1) is 5.70 Å². The van der Waals surface area contributed by atoms with Crippen molar-refractivity contribution in [2.24, 2.45) is 5.73 Å². The van der Waals surface area contributed by atoms with Gasteiger partial charge in [-0.3, -0.25) is 0 Å². The summed E-state index contributed by atoms with van der Waals surface area (Å²) in [5.41, 5.74) is 7.35. The van der Waals surface area contributed by atoms with Crippen molar-refractivity contribution in [1.29, 1.82) is 0 Å². The molecule has 1 atom stereocenters. The van der Waals surface area contributed by atoms with E-state index in [4.69, 9.17) is 5.73 Å². The number of nitrogens with two attached hydrogens (primary N) is 1. The Bertz CT molecular complexity index is 400. The first-order valence-corrected chi connectivity index (χ1v) is 4.94. The second-order valence-electron chi connectivity index (χ2n) is 3.74. The average molecular weight is 238 g/mol. The molecule has 0 saturated heterocycles. The molecule has 0 bridgehead atoms. The molecule has 1 unspecified atom stereocenters. The third-order valence-corrected chi connectivity index (χ3v) is 2.49. The van der Waals surface area contributed by atoms with Gasteiger partial charge in [-0.25, -0.2) is 0 Å². The molecule has 2 rings (SSSR count). The van der Waals surface area contributed by atoms with Crippen LogP contribution in [0.25, 0.3) is 0 Å². The molecule has 1 aromatic rings. The van der Waals surface area contributed by atoms with Gasteiger partial charge in [0.1, 0.15) is 5.66 Å². The quantitative estimate of drug-likeness (QED) is 0.739. The Morgan fingerprint density at radius 3 is 2.56 bits per heavy atom. The van der Waals surface area contributed by atoms with Gasteiger partial charge in [0.25, 0.3) is 0 Å². The number of hydrogen-bond donors (Lipinski definition) is 3. The van der Waals surface area contributed by atoms with E-state index in [1.807, 2.05) is 55.6 Å². The van der Waals surface area contributed by atoms with Crippen LogP contribution in [0.1, 0.15) is 6.92 Å². The smallest absolute Gasteiger partial charge is 0.146 e. The zero-order chi connectivity index (χ0) is 10.7. The van der Waals surface area contributed by atoms with Crippen molar-refractivity contribution >= 4 is 18.1 Å². The lowest BCUT2D eigenvalue weighted by molar-refractivity contribution is 0.524. The van der Waals surface area contributed by atoms with Crippen LogP contribution < -0.4 is 16.4 Å². The van der Waals surface area contributed by atoms with Crippen LogP contribution in [-0.2, 0) is 0 Å². The summed E-state index contributed by atoms with van der Waals surface area (Å²) >= 11 is 0. The number of nitrogens with one attached hydrogen (secondary N) is 2. The fraction of sp³-hybridized carbons (Fsp3) is 0.167. The predicted octanol–water partition coefficient (Wildman–Crippen LogP) is 2.20. The van der Waals surface area contributed by atoms with Crippen molar-refractivity contribution in [1.82, 2.24) is 5.32 Å². The summed E-state index contributed by atoms with van der Waals surface area (Å²) in [6.07, 6.45) is 5.67. The minimum absolute atomic E-state index is 0. The highest BCUT2D eigenvalue weighted by Gasteiger charge is 2.26. The summed E-state index contributed by atoms with van der Waals surface area (Å²) in [7, 11) is 0. The molecule has 16 heavy (non-hydrogen) atoms. The van der Waals surface area contributed by atoms with Gasteiger partial charge in [-0.05, 0) is 37.4 Å². The van der Waals surface area contributed by atoms with E-state index in [-0.39, 0.29) is 12.4 Å². The third kappa shape index (κ3) is 2.49. The molecule has 0 amide bonds. The van der Waals surface area contributed by atoms with Gasteiger partial charge in [-0.1, -0.05) is 18.2 Å². The molecule has 0 radical (unpaired) electrons. The lowest BCUT2D eigenvalue weighted by Crippen LogP contribution is -2.51. The molecule has 4 heteroatoms. The maximum atomic E-state index is 5.95. The number of halogens is 1. The van der Waals surface area contributed by atoms with Gasteiger partial charge < -0.3 is 16.4 Å². The Morgan fingerprint density at radius 1 is 1.25 bits per heavy atom. The number of allylic oxidation sites excluding steroid dienone is 2. The van der Waals surface area contributed by atoms with Gasteiger partial charge in [-0.2, -0.15) is 0 Å². The number of anilines is 1. The summed E-state index contributed by atoms with van der Waals surface area (Å²) in [4.78, 5) is 0. The van der Waals surface area contributed by atoms with Crippen molar-refractivity contribution in [3.63, 3.8) is 0 Å². The Kier molecular flexibility index (Phi) is 3.85. The molecule has 0 aromatic heterocycles. The highest BCUT2D eigenvalue weighted by molar-refractivity contribution is 5.85. The molecule has 0 saturated carbocycles. The molecule has 0 fully saturated rings. The van der Waals surface area contributed by atoms with Gasteiger partial charge in [-0.15, -0.1) is 12.4 Å². The van der Waals surface area contributed by atoms with Crippen LogP contribution in [0.5, 0.6) is 0 Å². The summed E-state index contributed by atoms with van der Waals surface area (Å²) in [6.45, 7) is 2.01. The largest absolute Gasteiger partial charge is 0.399 e. The van der Waals surface area contributed by atoms with Crippen LogP contribution in [-0.4, -0.2) is 5.66 Å². The van der Waals surface area contributed by atoms with E-state index >= 15 is 0 Å². The molecule has 4 N–H and O–H groups in total. The predicted molar refractivity (Wildman–Crippen MR) is 70.3 cm³/mol. The van der Waals surface area contributed by atoms with Crippen LogP contribution >= 0.6 is 12.4 Å². The maximum Gasteiger partial charge on any atom is 0.146 e. The van der Waals surface area contributed by atoms with Gasteiger partial charge >= 0.3 is 0 Å². The number of rotatable bonds is 2. The molecular formula is C12H16ClN3. The highest BCUT2D eigenvalue weighted by Crippen LogP contribution is 2.19. The zero-order valence-corrected chi connectivity index (χ0v) is 9.92. The number of para-hydroxylation sites is 1. The Hall–Kier alpha value is -1.61. The van der Waals surface area contributed by atoms with Crippen LogP contribution in [0, 0.1) is 0 Å². The van der Waals surface area contributed by atoms with Crippen LogP contribution in [0.4, 0.5) is 5.69 Å². The molecule has 0 spiro atoms. The number of hydrogen-bond acceptors (Lipinski definition) is 3. The maximum absolute atomic E-state index is 5.95. The average Bonchev–Trinajstić information content (AvgIpc) is 2.24. The van der Waals surface area contributed by atoms with E-state index in [2.05, 4.69) is 10.6 Å².